The highest BCUT2D eigenvalue weighted by Gasteiger charge is 2.31. The van der Waals surface area contributed by atoms with Crippen LogP contribution in [0.5, 0.6) is 11.6 Å². The molecule has 6 nitrogen and oxygen atoms in total. The Labute approximate surface area is 203 Å². The number of halogens is 3. The summed E-state index contributed by atoms with van der Waals surface area (Å²) < 4.78 is 52.4. The first-order valence-corrected chi connectivity index (χ1v) is 11.6. The van der Waals surface area contributed by atoms with Crippen LogP contribution in [0.2, 0.25) is 0 Å². The van der Waals surface area contributed by atoms with Gasteiger partial charge in [0.2, 0.25) is 5.88 Å². The number of nitrogens with zero attached hydrogens (tertiary/aromatic N) is 3. The second-order valence-corrected chi connectivity index (χ2v) is 8.64. The monoisotopic (exact) mass is 489 g/mol. The molecule has 0 amide bonds. The lowest BCUT2D eigenvalue weighted by molar-refractivity contribution is -0.274. The summed E-state index contributed by atoms with van der Waals surface area (Å²) in [5, 5.41) is 0. The Balaban J connectivity index is 1.58. The topological polar surface area (TPSA) is 47.1 Å². The molecule has 0 radical (unpaired) electrons. The number of anilines is 1. The maximum atomic E-state index is 12.6. The molecule has 2 aliphatic rings. The molecule has 0 saturated carbocycles. The molecule has 1 unspecified atom stereocenters. The van der Waals surface area contributed by atoms with Crippen molar-refractivity contribution in [3.05, 3.63) is 59.9 Å². The van der Waals surface area contributed by atoms with E-state index in [4.69, 9.17) is 9.47 Å². The number of aromatic nitrogens is 1. The number of allylic oxidation sites excluding steroid dienone is 3. The minimum absolute atomic E-state index is 0.267. The van der Waals surface area contributed by atoms with Crippen LogP contribution < -0.4 is 14.4 Å². The first-order valence-electron chi connectivity index (χ1n) is 11.6. The summed E-state index contributed by atoms with van der Waals surface area (Å²) in [7, 11) is 5.40. The number of rotatable bonds is 6. The lowest BCUT2D eigenvalue weighted by Gasteiger charge is -2.29. The van der Waals surface area contributed by atoms with E-state index in [1.54, 1.807) is 26.4 Å². The molecule has 1 aromatic heterocycles. The summed E-state index contributed by atoms with van der Waals surface area (Å²) in [4.78, 5) is 9.32. The standard InChI is InChI=1S/C26H30F3N3O3/c1-31-16-17-32(15-14-22(31)18-4-8-20(33-2)9-5-18)23-12-13-24(34-3)30-25(23)19-6-10-21(11-7-19)35-26(27,28)29/h4,6-8,10-13,22H,5,9,14-17H2,1-3H3. The first-order chi connectivity index (χ1) is 16.8. The van der Waals surface area contributed by atoms with Gasteiger partial charge in [-0.2, -0.15) is 0 Å². The van der Waals surface area contributed by atoms with Gasteiger partial charge in [-0.1, -0.05) is 11.6 Å². The molecule has 0 N–H and O–H groups in total. The van der Waals surface area contributed by atoms with Crippen LogP contribution in [0.3, 0.4) is 0 Å². The van der Waals surface area contributed by atoms with Crippen LogP contribution in [0.1, 0.15) is 19.3 Å². The third-order valence-electron chi connectivity index (χ3n) is 6.52. The largest absolute Gasteiger partial charge is 0.573 e. The van der Waals surface area contributed by atoms with Crippen molar-refractivity contribution in [1.29, 1.82) is 0 Å². The predicted octanol–water partition coefficient (Wildman–Crippen LogP) is 5.42. The zero-order valence-corrected chi connectivity index (χ0v) is 20.1. The molecule has 9 heteroatoms. The van der Waals surface area contributed by atoms with Gasteiger partial charge in [-0.25, -0.2) is 4.98 Å². The van der Waals surface area contributed by atoms with Gasteiger partial charge in [-0.3, -0.25) is 4.90 Å². The maximum Gasteiger partial charge on any atom is 0.573 e. The van der Waals surface area contributed by atoms with Crippen LogP contribution >= 0.6 is 0 Å². The molecule has 1 aliphatic heterocycles. The van der Waals surface area contributed by atoms with Crippen molar-refractivity contribution >= 4 is 5.69 Å². The predicted molar refractivity (Wildman–Crippen MR) is 129 cm³/mol. The normalized spacial score (nSPS) is 19.5. The van der Waals surface area contributed by atoms with Crippen LogP contribution in [0.4, 0.5) is 18.9 Å². The molecule has 1 aromatic carbocycles. The summed E-state index contributed by atoms with van der Waals surface area (Å²) in [6.45, 7) is 2.49. The summed E-state index contributed by atoms with van der Waals surface area (Å²) >= 11 is 0. The van der Waals surface area contributed by atoms with Gasteiger partial charge in [0, 0.05) is 43.7 Å². The van der Waals surface area contributed by atoms with Crippen molar-refractivity contribution in [2.24, 2.45) is 0 Å². The number of hydrogen-bond acceptors (Lipinski definition) is 6. The van der Waals surface area contributed by atoms with Crippen LogP contribution in [0.25, 0.3) is 11.3 Å². The number of benzene rings is 1. The minimum Gasteiger partial charge on any atom is -0.501 e. The van der Waals surface area contributed by atoms with E-state index in [1.807, 2.05) is 12.1 Å². The van der Waals surface area contributed by atoms with Crippen molar-refractivity contribution in [2.45, 2.75) is 31.7 Å². The SMILES string of the molecule is COC1=CC=C(C2CCN(c3ccc(OC)nc3-c3ccc(OC(F)(F)F)cc3)CCN2C)CC1. The number of hydrogen-bond donors (Lipinski definition) is 0. The van der Waals surface area contributed by atoms with Crippen molar-refractivity contribution in [3.63, 3.8) is 0 Å². The van der Waals surface area contributed by atoms with Crippen molar-refractivity contribution < 1.29 is 27.4 Å². The van der Waals surface area contributed by atoms with Gasteiger partial charge in [0.15, 0.2) is 0 Å². The van der Waals surface area contributed by atoms with E-state index in [0.717, 1.165) is 50.3 Å². The van der Waals surface area contributed by atoms with E-state index in [-0.39, 0.29) is 5.75 Å². The molecule has 1 fully saturated rings. The Hall–Kier alpha value is -3.20. The van der Waals surface area contributed by atoms with Gasteiger partial charge in [-0.15, -0.1) is 13.2 Å². The van der Waals surface area contributed by atoms with Gasteiger partial charge in [-0.05, 0) is 56.3 Å². The Bertz CT molecular complexity index is 1080. The fourth-order valence-electron chi connectivity index (χ4n) is 4.67. The zero-order valence-electron chi connectivity index (χ0n) is 20.1. The van der Waals surface area contributed by atoms with Crippen LogP contribution in [-0.2, 0) is 4.74 Å². The Morgan fingerprint density at radius 3 is 2.31 bits per heavy atom. The molecule has 1 saturated heterocycles. The lowest BCUT2D eigenvalue weighted by atomic mass is 9.94. The Kier molecular flexibility index (Phi) is 7.54. The fraction of sp³-hybridized carbons (Fsp3) is 0.423. The molecule has 0 bridgehead atoms. The average Bonchev–Trinajstić information content (AvgIpc) is 3.05. The number of alkyl halides is 3. The van der Waals surface area contributed by atoms with Gasteiger partial charge in [0.05, 0.1) is 31.4 Å². The zero-order chi connectivity index (χ0) is 25.0. The van der Waals surface area contributed by atoms with Crippen LogP contribution in [0, 0.1) is 0 Å². The van der Waals surface area contributed by atoms with Crippen LogP contribution in [0.15, 0.2) is 59.9 Å². The molecule has 35 heavy (non-hydrogen) atoms. The van der Waals surface area contributed by atoms with Gasteiger partial charge in [0.25, 0.3) is 0 Å². The molecule has 4 rings (SSSR count). The van der Waals surface area contributed by atoms with Gasteiger partial charge < -0.3 is 19.1 Å². The highest BCUT2D eigenvalue weighted by atomic mass is 19.4. The highest BCUT2D eigenvalue weighted by molar-refractivity contribution is 5.76. The smallest absolute Gasteiger partial charge is 0.501 e. The average molecular weight is 490 g/mol. The highest BCUT2D eigenvalue weighted by Crippen LogP contribution is 2.35. The molecular formula is C26H30F3N3O3. The quantitative estimate of drug-likeness (QED) is 0.540. The van der Waals surface area contributed by atoms with Crippen molar-refractivity contribution in [2.75, 3.05) is 45.8 Å². The van der Waals surface area contributed by atoms with E-state index < -0.39 is 6.36 Å². The minimum atomic E-state index is -4.73. The molecule has 1 aliphatic carbocycles. The third kappa shape index (κ3) is 6.08. The molecule has 0 spiro atoms. The molecule has 2 aromatic rings. The van der Waals surface area contributed by atoms with Crippen LogP contribution in [-0.4, -0.2) is 63.2 Å². The third-order valence-corrected chi connectivity index (χ3v) is 6.52. The fourth-order valence-corrected chi connectivity index (χ4v) is 4.67. The summed E-state index contributed by atoms with van der Waals surface area (Å²) in [5.41, 5.74) is 3.68. The second kappa shape index (κ2) is 10.6. The maximum absolute atomic E-state index is 12.6. The second-order valence-electron chi connectivity index (χ2n) is 8.64. The molecule has 2 heterocycles. The van der Waals surface area contributed by atoms with E-state index in [9.17, 15) is 13.2 Å². The van der Waals surface area contributed by atoms with E-state index in [0.29, 0.717) is 23.2 Å². The Morgan fingerprint density at radius 2 is 1.69 bits per heavy atom. The summed E-state index contributed by atoms with van der Waals surface area (Å²) in [6.07, 6.45) is 2.36. The Morgan fingerprint density at radius 1 is 0.914 bits per heavy atom. The summed E-state index contributed by atoms with van der Waals surface area (Å²) in [6, 6.07) is 9.90. The number of likely N-dealkylation sites (N-methyl/N-ethyl adjacent to an activating group) is 1. The van der Waals surface area contributed by atoms with Gasteiger partial charge in [0.1, 0.15) is 5.75 Å². The lowest BCUT2D eigenvalue weighted by Crippen LogP contribution is -2.34. The molecule has 1 atom stereocenters. The van der Waals surface area contributed by atoms with E-state index in [1.165, 1.54) is 17.7 Å². The summed E-state index contributed by atoms with van der Waals surface area (Å²) in [5.74, 6) is 1.18. The van der Waals surface area contributed by atoms with Crippen molar-refractivity contribution in [3.8, 4) is 22.9 Å². The van der Waals surface area contributed by atoms with E-state index in [2.05, 4.69) is 38.7 Å². The van der Waals surface area contributed by atoms with E-state index >= 15 is 0 Å². The first kappa shape index (κ1) is 24.9. The van der Waals surface area contributed by atoms with Crippen molar-refractivity contribution in [1.82, 2.24) is 9.88 Å². The number of methoxy groups -OCH3 is 2. The number of pyridine rings is 1. The van der Waals surface area contributed by atoms with Gasteiger partial charge >= 0.3 is 6.36 Å². The number of ether oxygens (including phenoxy) is 3. The molecule has 188 valence electrons. The molecular weight excluding hydrogens is 459 g/mol.